The summed E-state index contributed by atoms with van der Waals surface area (Å²) in [6, 6.07) is 7.58. The van der Waals surface area contributed by atoms with Crippen LogP contribution in [-0.4, -0.2) is 36.8 Å². The Bertz CT molecular complexity index is 284. The van der Waals surface area contributed by atoms with Gasteiger partial charge < -0.3 is 19.7 Å². The number of hydrogen-bond donors (Lipinski definition) is 2. The molecule has 90 valence electrons. The monoisotopic (exact) mass is 226 g/mol. The number of benzene rings is 1. The first-order chi connectivity index (χ1) is 7.76. The molecule has 0 fully saturated rings. The molecular weight excluding hydrogens is 208 g/mol. The van der Waals surface area contributed by atoms with E-state index in [1.807, 2.05) is 24.3 Å². The predicted molar refractivity (Wildman–Crippen MR) is 60.4 cm³/mol. The number of hydrogen-bond acceptors (Lipinski definition) is 4. The molecule has 0 bridgehead atoms. The highest BCUT2D eigenvalue weighted by molar-refractivity contribution is 5.27. The lowest BCUT2D eigenvalue weighted by Crippen LogP contribution is -2.09. The molecule has 0 radical (unpaired) electrons. The van der Waals surface area contributed by atoms with E-state index in [1.54, 1.807) is 0 Å². The van der Waals surface area contributed by atoms with E-state index in [2.05, 4.69) is 0 Å². The van der Waals surface area contributed by atoms with Gasteiger partial charge >= 0.3 is 0 Å². The van der Waals surface area contributed by atoms with Gasteiger partial charge in [0.1, 0.15) is 12.4 Å². The molecule has 16 heavy (non-hydrogen) atoms. The molecule has 4 nitrogen and oxygen atoms in total. The largest absolute Gasteiger partial charge is 0.491 e. The highest BCUT2D eigenvalue weighted by Crippen LogP contribution is 2.13. The second-order valence-corrected chi connectivity index (χ2v) is 3.45. The van der Waals surface area contributed by atoms with Gasteiger partial charge in [-0.3, -0.25) is 0 Å². The Morgan fingerprint density at radius 1 is 1.25 bits per heavy atom. The Hall–Kier alpha value is -1.10. The van der Waals surface area contributed by atoms with E-state index >= 15 is 0 Å². The first-order valence-corrected chi connectivity index (χ1v) is 5.29. The number of aryl methyl sites for hydroxylation is 1. The van der Waals surface area contributed by atoms with E-state index in [-0.39, 0.29) is 6.61 Å². The summed E-state index contributed by atoms with van der Waals surface area (Å²) in [6.07, 6.45) is 0.633. The lowest BCUT2D eigenvalue weighted by molar-refractivity contribution is -0.0777. The molecule has 2 N–H and O–H groups in total. The molecule has 1 unspecified atom stereocenters. The Labute approximate surface area is 95.4 Å². The normalized spacial score (nSPS) is 12.4. The molecular formula is C12H18O4. The zero-order valence-electron chi connectivity index (χ0n) is 9.43. The first-order valence-electron chi connectivity index (χ1n) is 5.29. The summed E-state index contributed by atoms with van der Waals surface area (Å²) in [5.74, 6) is 0.741. The number of aliphatic hydroxyl groups is 2. The molecule has 0 aliphatic carbocycles. The number of ether oxygens (including phenoxy) is 2. The average Bonchev–Trinajstić information content (AvgIpc) is 2.34. The Morgan fingerprint density at radius 2 is 1.94 bits per heavy atom. The lowest BCUT2D eigenvalue weighted by Gasteiger charge is -2.08. The molecule has 0 spiro atoms. The molecule has 1 aromatic carbocycles. The van der Waals surface area contributed by atoms with Crippen molar-refractivity contribution in [3.8, 4) is 5.75 Å². The topological polar surface area (TPSA) is 58.9 Å². The molecule has 1 atom stereocenters. The maximum Gasteiger partial charge on any atom is 0.154 e. The van der Waals surface area contributed by atoms with E-state index in [0.717, 1.165) is 17.7 Å². The molecule has 0 amide bonds. The van der Waals surface area contributed by atoms with Gasteiger partial charge in [-0.1, -0.05) is 12.1 Å². The lowest BCUT2D eigenvalue weighted by atomic mass is 10.1. The van der Waals surface area contributed by atoms with Gasteiger partial charge in [-0.15, -0.1) is 0 Å². The van der Waals surface area contributed by atoms with Crippen LogP contribution in [0, 0.1) is 0 Å². The van der Waals surface area contributed by atoms with Gasteiger partial charge in [0.2, 0.25) is 0 Å². The van der Waals surface area contributed by atoms with Crippen LogP contribution in [0.25, 0.3) is 0 Å². The minimum absolute atomic E-state index is 0.0157. The van der Waals surface area contributed by atoms with Gasteiger partial charge in [-0.05, 0) is 24.1 Å². The van der Waals surface area contributed by atoms with Crippen LogP contribution in [0.1, 0.15) is 12.0 Å². The Balaban J connectivity index is 2.38. The molecule has 0 heterocycles. The third-order valence-electron chi connectivity index (χ3n) is 2.24. The van der Waals surface area contributed by atoms with Crippen LogP contribution >= 0.6 is 0 Å². The van der Waals surface area contributed by atoms with Crippen molar-refractivity contribution in [2.45, 2.75) is 19.1 Å². The second kappa shape index (κ2) is 7.22. The maximum absolute atomic E-state index is 9.22. The van der Waals surface area contributed by atoms with Crippen molar-refractivity contribution in [2.24, 2.45) is 0 Å². The summed E-state index contributed by atoms with van der Waals surface area (Å²) in [4.78, 5) is 0. The summed E-state index contributed by atoms with van der Waals surface area (Å²) in [5, 5.41) is 17.8. The van der Waals surface area contributed by atoms with Crippen molar-refractivity contribution < 1.29 is 19.7 Å². The quantitative estimate of drug-likeness (QED) is 0.680. The average molecular weight is 226 g/mol. The Morgan fingerprint density at radius 3 is 2.50 bits per heavy atom. The van der Waals surface area contributed by atoms with Crippen molar-refractivity contribution in [1.82, 2.24) is 0 Å². The van der Waals surface area contributed by atoms with Gasteiger partial charge in [0.05, 0.1) is 6.61 Å². The van der Waals surface area contributed by atoms with Crippen molar-refractivity contribution in [2.75, 3.05) is 20.3 Å². The fourth-order valence-electron chi connectivity index (χ4n) is 1.32. The summed E-state index contributed by atoms with van der Waals surface area (Å²) in [6.45, 7) is 0.323. The number of methoxy groups -OCH3 is 1. The van der Waals surface area contributed by atoms with E-state index in [9.17, 15) is 5.11 Å². The number of rotatable bonds is 7. The standard InChI is InChI=1S/C12H18O4/c1-15-12(14)7-4-10-2-5-11(6-3-10)16-9-8-13/h2-3,5-6,12-14H,4,7-9H2,1H3. The third-order valence-corrected chi connectivity index (χ3v) is 2.24. The van der Waals surface area contributed by atoms with Crippen molar-refractivity contribution in [1.29, 1.82) is 0 Å². The molecule has 0 saturated carbocycles. The third kappa shape index (κ3) is 4.61. The first kappa shape index (κ1) is 13.0. The van der Waals surface area contributed by atoms with Crippen LogP contribution in [-0.2, 0) is 11.2 Å². The molecule has 0 saturated heterocycles. The van der Waals surface area contributed by atoms with E-state index in [1.165, 1.54) is 7.11 Å². The van der Waals surface area contributed by atoms with Crippen molar-refractivity contribution in [3.63, 3.8) is 0 Å². The molecule has 4 heteroatoms. The second-order valence-electron chi connectivity index (χ2n) is 3.45. The fraction of sp³-hybridized carbons (Fsp3) is 0.500. The van der Waals surface area contributed by atoms with E-state index in [0.29, 0.717) is 13.0 Å². The van der Waals surface area contributed by atoms with Gasteiger partial charge in [-0.2, -0.15) is 0 Å². The van der Waals surface area contributed by atoms with E-state index < -0.39 is 6.29 Å². The maximum atomic E-state index is 9.22. The van der Waals surface area contributed by atoms with Crippen molar-refractivity contribution >= 4 is 0 Å². The minimum Gasteiger partial charge on any atom is -0.491 e. The smallest absolute Gasteiger partial charge is 0.154 e. The Kier molecular flexibility index (Phi) is 5.85. The highest BCUT2D eigenvalue weighted by Gasteiger charge is 2.02. The summed E-state index contributed by atoms with van der Waals surface area (Å²) >= 11 is 0. The van der Waals surface area contributed by atoms with Crippen molar-refractivity contribution in [3.05, 3.63) is 29.8 Å². The summed E-state index contributed by atoms with van der Waals surface area (Å²) < 4.78 is 9.98. The van der Waals surface area contributed by atoms with Crippen LogP contribution in [0.2, 0.25) is 0 Å². The van der Waals surface area contributed by atoms with Crippen LogP contribution in [0.4, 0.5) is 0 Å². The minimum atomic E-state index is -0.703. The zero-order chi connectivity index (χ0) is 11.8. The zero-order valence-corrected chi connectivity index (χ0v) is 9.43. The fourth-order valence-corrected chi connectivity index (χ4v) is 1.32. The predicted octanol–water partition coefficient (Wildman–Crippen LogP) is 0.955. The van der Waals surface area contributed by atoms with E-state index in [4.69, 9.17) is 14.6 Å². The summed E-state index contributed by atoms with van der Waals surface area (Å²) in [5.41, 5.74) is 1.12. The van der Waals surface area contributed by atoms with Crippen LogP contribution in [0.15, 0.2) is 24.3 Å². The van der Waals surface area contributed by atoms with Crippen LogP contribution in [0.3, 0.4) is 0 Å². The molecule has 1 rings (SSSR count). The van der Waals surface area contributed by atoms with Gasteiger partial charge in [0.25, 0.3) is 0 Å². The summed E-state index contributed by atoms with van der Waals surface area (Å²) in [7, 11) is 1.48. The van der Waals surface area contributed by atoms with Gasteiger partial charge in [0, 0.05) is 13.5 Å². The molecule has 0 aliphatic rings. The van der Waals surface area contributed by atoms with Gasteiger partial charge in [-0.25, -0.2) is 0 Å². The molecule has 1 aromatic rings. The highest BCUT2D eigenvalue weighted by atomic mass is 16.6. The molecule has 0 aliphatic heterocycles. The number of aliphatic hydroxyl groups excluding tert-OH is 2. The van der Waals surface area contributed by atoms with Gasteiger partial charge in [0.15, 0.2) is 6.29 Å². The SMILES string of the molecule is COC(O)CCc1ccc(OCCO)cc1. The van der Waals surface area contributed by atoms with Crippen LogP contribution < -0.4 is 4.74 Å². The molecule has 0 aromatic heterocycles. The van der Waals surface area contributed by atoms with Crippen LogP contribution in [0.5, 0.6) is 5.75 Å².